The molecular formula is C10H14ClN3O2. The van der Waals surface area contributed by atoms with Gasteiger partial charge in [0.2, 0.25) is 0 Å². The van der Waals surface area contributed by atoms with E-state index in [1.807, 2.05) is 0 Å². The molecule has 2 atom stereocenters. The Kier molecular flexibility index (Phi) is 2.90. The quantitative estimate of drug-likeness (QED) is 0.791. The Labute approximate surface area is 98.5 Å². The lowest BCUT2D eigenvalue weighted by atomic mass is 9.99. The highest BCUT2D eigenvalue weighted by Crippen LogP contribution is 2.36. The van der Waals surface area contributed by atoms with Crippen LogP contribution >= 0.6 is 11.6 Å². The van der Waals surface area contributed by atoms with Gasteiger partial charge in [0.1, 0.15) is 5.54 Å². The van der Waals surface area contributed by atoms with E-state index in [1.165, 1.54) is 7.11 Å². The van der Waals surface area contributed by atoms with E-state index in [-0.39, 0.29) is 12.0 Å². The van der Waals surface area contributed by atoms with Gasteiger partial charge in [-0.25, -0.2) is 0 Å². The number of carbonyl (C=O) groups is 1. The fourth-order valence-electron chi connectivity index (χ4n) is 2.18. The molecule has 1 aromatic heterocycles. The van der Waals surface area contributed by atoms with Crippen LogP contribution in [-0.2, 0) is 9.53 Å². The van der Waals surface area contributed by atoms with Gasteiger partial charge in [0.25, 0.3) is 0 Å². The zero-order valence-electron chi connectivity index (χ0n) is 9.02. The summed E-state index contributed by atoms with van der Waals surface area (Å²) in [6.07, 6.45) is 5.29. The number of rotatable bonds is 2. The molecule has 2 rings (SSSR count). The molecule has 1 aromatic rings. The average Bonchev–Trinajstić information content (AvgIpc) is 2.84. The minimum absolute atomic E-state index is 0.122. The monoisotopic (exact) mass is 243 g/mol. The van der Waals surface area contributed by atoms with Gasteiger partial charge in [-0.15, -0.1) is 0 Å². The Bertz CT molecular complexity index is 407. The topological polar surface area (TPSA) is 70.1 Å². The molecule has 0 saturated heterocycles. The normalized spacial score (nSPS) is 29.3. The molecule has 16 heavy (non-hydrogen) atoms. The number of hydrogen-bond acceptors (Lipinski definition) is 4. The van der Waals surface area contributed by atoms with Crippen LogP contribution in [0.4, 0.5) is 0 Å². The molecule has 0 bridgehead atoms. The Morgan fingerprint density at radius 1 is 1.81 bits per heavy atom. The molecule has 1 heterocycles. The second kappa shape index (κ2) is 4.07. The number of hydrogen-bond donors (Lipinski definition) is 1. The van der Waals surface area contributed by atoms with E-state index in [0.29, 0.717) is 17.9 Å². The first kappa shape index (κ1) is 11.4. The highest BCUT2D eigenvalue weighted by molar-refractivity contribution is 6.30. The number of carbonyl (C=O) groups excluding carboxylic acids is 1. The van der Waals surface area contributed by atoms with Crippen molar-refractivity contribution >= 4 is 17.6 Å². The Morgan fingerprint density at radius 3 is 3.12 bits per heavy atom. The van der Waals surface area contributed by atoms with E-state index in [4.69, 9.17) is 22.1 Å². The third-order valence-corrected chi connectivity index (χ3v) is 3.25. The second-order valence-corrected chi connectivity index (χ2v) is 4.62. The Morgan fingerprint density at radius 2 is 2.56 bits per heavy atom. The molecule has 0 spiro atoms. The zero-order valence-corrected chi connectivity index (χ0v) is 9.78. The molecule has 0 aliphatic heterocycles. The molecule has 1 saturated carbocycles. The summed E-state index contributed by atoms with van der Waals surface area (Å²) >= 11 is 5.79. The molecule has 0 amide bonds. The lowest BCUT2D eigenvalue weighted by Gasteiger charge is -2.20. The van der Waals surface area contributed by atoms with E-state index >= 15 is 0 Å². The van der Waals surface area contributed by atoms with E-state index in [1.54, 1.807) is 17.1 Å². The van der Waals surface area contributed by atoms with Crippen LogP contribution in [0, 0.1) is 0 Å². The van der Waals surface area contributed by atoms with Gasteiger partial charge in [-0.2, -0.15) is 5.10 Å². The summed E-state index contributed by atoms with van der Waals surface area (Å²) in [5.74, 6) is -0.353. The van der Waals surface area contributed by atoms with Gasteiger partial charge in [-0.05, 0) is 19.3 Å². The maximum absolute atomic E-state index is 11.5. The van der Waals surface area contributed by atoms with Gasteiger partial charge in [0.05, 0.1) is 24.4 Å². The first-order valence-electron chi connectivity index (χ1n) is 5.12. The van der Waals surface area contributed by atoms with E-state index in [2.05, 4.69) is 5.10 Å². The molecule has 1 aliphatic rings. The summed E-state index contributed by atoms with van der Waals surface area (Å²) in [5, 5.41) is 4.72. The maximum atomic E-state index is 11.5. The predicted molar refractivity (Wildman–Crippen MR) is 59.1 cm³/mol. The Balaban J connectivity index is 2.11. The van der Waals surface area contributed by atoms with Crippen molar-refractivity contribution in [2.45, 2.75) is 30.8 Å². The average molecular weight is 244 g/mol. The first-order valence-corrected chi connectivity index (χ1v) is 5.50. The van der Waals surface area contributed by atoms with Gasteiger partial charge in [-0.1, -0.05) is 11.6 Å². The van der Waals surface area contributed by atoms with Crippen molar-refractivity contribution in [1.29, 1.82) is 0 Å². The van der Waals surface area contributed by atoms with Crippen molar-refractivity contribution in [1.82, 2.24) is 9.78 Å². The number of aromatic nitrogens is 2. The number of methoxy groups -OCH3 is 1. The number of esters is 1. The molecule has 0 aromatic carbocycles. The van der Waals surface area contributed by atoms with E-state index in [0.717, 1.165) is 6.42 Å². The lowest BCUT2D eigenvalue weighted by molar-refractivity contribution is -0.146. The van der Waals surface area contributed by atoms with Crippen molar-refractivity contribution in [3.63, 3.8) is 0 Å². The summed E-state index contributed by atoms with van der Waals surface area (Å²) in [4.78, 5) is 11.5. The minimum atomic E-state index is -0.877. The molecule has 1 fully saturated rings. The number of halogens is 1. The third kappa shape index (κ3) is 1.92. The van der Waals surface area contributed by atoms with Gasteiger partial charge in [0.15, 0.2) is 0 Å². The fraction of sp³-hybridized carbons (Fsp3) is 0.600. The third-order valence-electron chi connectivity index (χ3n) is 3.06. The number of ether oxygens (including phenoxy) is 1. The first-order chi connectivity index (χ1) is 7.55. The van der Waals surface area contributed by atoms with Gasteiger partial charge in [-0.3, -0.25) is 9.48 Å². The summed E-state index contributed by atoms with van der Waals surface area (Å²) in [7, 11) is 1.36. The van der Waals surface area contributed by atoms with Crippen LogP contribution in [0.15, 0.2) is 12.4 Å². The highest BCUT2D eigenvalue weighted by Gasteiger charge is 2.43. The summed E-state index contributed by atoms with van der Waals surface area (Å²) < 4.78 is 6.47. The zero-order chi connectivity index (χ0) is 11.8. The van der Waals surface area contributed by atoms with Crippen LogP contribution in [0.3, 0.4) is 0 Å². The van der Waals surface area contributed by atoms with Crippen molar-refractivity contribution in [3.05, 3.63) is 17.4 Å². The van der Waals surface area contributed by atoms with Gasteiger partial charge < -0.3 is 10.5 Å². The van der Waals surface area contributed by atoms with Crippen LogP contribution < -0.4 is 5.73 Å². The van der Waals surface area contributed by atoms with Crippen LogP contribution in [0.5, 0.6) is 0 Å². The molecule has 2 unspecified atom stereocenters. The van der Waals surface area contributed by atoms with E-state index in [9.17, 15) is 4.79 Å². The summed E-state index contributed by atoms with van der Waals surface area (Å²) in [5.41, 5.74) is 5.12. The van der Waals surface area contributed by atoms with Crippen LogP contribution in [0.2, 0.25) is 5.02 Å². The SMILES string of the molecule is COC(=O)C1(N)CCC(n2cc(Cl)cn2)C1. The van der Waals surface area contributed by atoms with Crippen molar-refractivity contribution in [2.24, 2.45) is 5.73 Å². The standard InChI is InChI=1S/C10H14ClN3O2/c1-16-9(15)10(12)3-2-8(4-10)14-6-7(11)5-13-14/h5-6,8H,2-4,12H2,1H3. The van der Waals surface area contributed by atoms with Gasteiger partial charge in [0, 0.05) is 6.20 Å². The van der Waals surface area contributed by atoms with Gasteiger partial charge >= 0.3 is 5.97 Å². The van der Waals surface area contributed by atoms with Crippen molar-refractivity contribution in [3.8, 4) is 0 Å². The number of nitrogens with two attached hydrogens (primary N) is 1. The molecule has 2 N–H and O–H groups in total. The summed E-state index contributed by atoms with van der Waals surface area (Å²) in [6.45, 7) is 0. The Hall–Kier alpha value is -1.07. The van der Waals surface area contributed by atoms with Crippen LogP contribution in [0.1, 0.15) is 25.3 Å². The minimum Gasteiger partial charge on any atom is -0.468 e. The molecule has 88 valence electrons. The highest BCUT2D eigenvalue weighted by atomic mass is 35.5. The maximum Gasteiger partial charge on any atom is 0.325 e. The van der Waals surface area contributed by atoms with Crippen LogP contribution in [0.25, 0.3) is 0 Å². The number of nitrogens with zero attached hydrogens (tertiary/aromatic N) is 2. The molecule has 1 aliphatic carbocycles. The lowest BCUT2D eigenvalue weighted by Crippen LogP contribution is -2.46. The largest absolute Gasteiger partial charge is 0.468 e. The smallest absolute Gasteiger partial charge is 0.325 e. The van der Waals surface area contributed by atoms with E-state index < -0.39 is 5.54 Å². The molecule has 5 nitrogen and oxygen atoms in total. The fourth-order valence-corrected chi connectivity index (χ4v) is 2.32. The predicted octanol–water partition coefficient (Wildman–Crippen LogP) is 1.13. The van der Waals surface area contributed by atoms with Crippen LogP contribution in [-0.4, -0.2) is 28.4 Å². The second-order valence-electron chi connectivity index (χ2n) is 4.18. The summed E-state index contributed by atoms with van der Waals surface area (Å²) in [6, 6.07) is 0.122. The molecule has 6 heteroatoms. The van der Waals surface area contributed by atoms with Crippen molar-refractivity contribution < 1.29 is 9.53 Å². The van der Waals surface area contributed by atoms with Crippen molar-refractivity contribution in [2.75, 3.05) is 7.11 Å². The molecule has 0 radical (unpaired) electrons. The molecular weight excluding hydrogens is 230 g/mol.